The molecule has 3 aromatic rings. The van der Waals surface area contributed by atoms with Crippen LogP contribution in [0.5, 0.6) is 0 Å². The molecular formula is C21H22N4O5S. The molecule has 0 amide bonds. The summed E-state index contributed by atoms with van der Waals surface area (Å²) in [6.07, 6.45) is 4.44. The third kappa shape index (κ3) is 4.64. The predicted molar refractivity (Wildman–Crippen MR) is 112 cm³/mol. The largest absolute Gasteiger partial charge is 0.338 e. The molecule has 0 aliphatic heterocycles. The van der Waals surface area contributed by atoms with Crippen LogP contribution < -0.4 is 0 Å². The number of non-ortho nitro benzene ring substituents is 1. The first-order valence-electron chi connectivity index (χ1n) is 10.1. The van der Waals surface area contributed by atoms with Gasteiger partial charge in [-0.05, 0) is 25.0 Å². The third-order valence-corrected chi connectivity index (χ3v) is 7.34. The fourth-order valence-corrected chi connectivity index (χ4v) is 5.45. The maximum absolute atomic E-state index is 13.5. The van der Waals surface area contributed by atoms with Gasteiger partial charge in [-0.25, -0.2) is 8.42 Å². The fourth-order valence-electron chi connectivity index (χ4n) is 3.81. The number of aromatic nitrogens is 2. The first-order chi connectivity index (χ1) is 14.9. The van der Waals surface area contributed by atoms with Crippen LogP contribution in [0.15, 0.2) is 64.0 Å². The van der Waals surface area contributed by atoms with Crippen LogP contribution in [0.2, 0.25) is 0 Å². The Bertz CT molecular complexity index is 1140. The SMILES string of the molecule is O=[N+]([O-])c1ccc(S(=O)(=O)N(Cc2nc(-c3ccccc3)no2)C2CCCCC2)cc1. The number of nitro benzene ring substituents is 1. The van der Waals surface area contributed by atoms with E-state index in [2.05, 4.69) is 10.1 Å². The summed E-state index contributed by atoms with van der Waals surface area (Å²) in [5.74, 6) is 0.599. The van der Waals surface area contributed by atoms with E-state index in [0.717, 1.165) is 37.7 Å². The molecular weight excluding hydrogens is 420 g/mol. The highest BCUT2D eigenvalue weighted by molar-refractivity contribution is 7.89. The van der Waals surface area contributed by atoms with Gasteiger partial charge in [0.25, 0.3) is 5.69 Å². The summed E-state index contributed by atoms with van der Waals surface area (Å²) < 4.78 is 33.7. The zero-order valence-electron chi connectivity index (χ0n) is 16.8. The van der Waals surface area contributed by atoms with Crippen molar-refractivity contribution < 1.29 is 17.9 Å². The Hall–Kier alpha value is -3.11. The summed E-state index contributed by atoms with van der Waals surface area (Å²) in [6.45, 7) is -0.0518. The molecule has 0 spiro atoms. The van der Waals surface area contributed by atoms with E-state index in [1.807, 2.05) is 30.3 Å². The normalized spacial score (nSPS) is 15.3. The first-order valence-corrected chi connectivity index (χ1v) is 11.5. The van der Waals surface area contributed by atoms with Crippen molar-refractivity contribution in [3.8, 4) is 11.4 Å². The lowest BCUT2D eigenvalue weighted by Crippen LogP contribution is -2.41. The minimum atomic E-state index is -3.91. The average molecular weight is 442 g/mol. The Labute approximate surface area is 179 Å². The number of nitro groups is 1. The maximum atomic E-state index is 13.5. The Morgan fingerprint density at radius 3 is 2.35 bits per heavy atom. The minimum Gasteiger partial charge on any atom is -0.338 e. The second-order valence-electron chi connectivity index (χ2n) is 7.47. The van der Waals surface area contributed by atoms with Crippen molar-refractivity contribution in [1.29, 1.82) is 0 Å². The van der Waals surface area contributed by atoms with Gasteiger partial charge in [0.05, 0.1) is 16.4 Å². The monoisotopic (exact) mass is 442 g/mol. The molecule has 1 fully saturated rings. The standard InChI is InChI=1S/C21H22N4O5S/c26-25(27)18-11-13-19(14-12-18)31(28,29)24(17-9-5-2-6-10-17)15-20-22-21(23-30-20)16-7-3-1-4-8-16/h1,3-4,7-8,11-14,17H,2,5-6,9-10,15H2. The van der Waals surface area contributed by atoms with Crippen molar-refractivity contribution >= 4 is 15.7 Å². The van der Waals surface area contributed by atoms with E-state index in [9.17, 15) is 18.5 Å². The summed E-state index contributed by atoms with van der Waals surface area (Å²) in [6, 6.07) is 14.0. The van der Waals surface area contributed by atoms with E-state index in [-0.39, 0.29) is 29.1 Å². The van der Waals surface area contributed by atoms with Gasteiger partial charge in [0.2, 0.25) is 21.7 Å². The molecule has 0 N–H and O–H groups in total. The lowest BCUT2D eigenvalue weighted by atomic mass is 9.95. The molecule has 0 bridgehead atoms. The molecule has 0 atom stereocenters. The number of nitrogens with zero attached hydrogens (tertiary/aromatic N) is 4. The van der Waals surface area contributed by atoms with E-state index >= 15 is 0 Å². The second-order valence-corrected chi connectivity index (χ2v) is 9.36. The quantitative estimate of drug-likeness (QED) is 0.398. The van der Waals surface area contributed by atoms with E-state index < -0.39 is 14.9 Å². The van der Waals surface area contributed by atoms with Crippen molar-refractivity contribution in [2.45, 2.75) is 49.6 Å². The van der Waals surface area contributed by atoms with Crippen LogP contribution in [0.3, 0.4) is 0 Å². The summed E-state index contributed by atoms with van der Waals surface area (Å²) in [5, 5.41) is 14.9. The van der Waals surface area contributed by atoms with Gasteiger partial charge in [-0.2, -0.15) is 9.29 Å². The van der Waals surface area contributed by atoms with E-state index in [0.29, 0.717) is 5.82 Å². The van der Waals surface area contributed by atoms with Crippen molar-refractivity contribution in [2.75, 3.05) is 0 Å². The van der Waals surface area contributed by atoms with Gasteiger partial charge in [-0.3, -0.25) is 10.1 Å². The summed E-state index contributed by atoms with van der Waals surface area (Å²) in [5.41, 5.74) is 0.618. The molecule has 0 radical (unpaired) electrons. The minimum absolute atomic E-state index is 0.00599. The number of rotatable bonds is 7. The van der Waals surface area contributed by atoms with Crippen molar-refractivity contribution in [3.63, 3.8) is 0 Å². The van der Waals surface area contributed by atoms with Gasteiger partial charge >= 0.3 is 0 Å². The number of hydrogen-bond acceptors (Lipinski definition) is 7. The molecule has 1 aromatic heterocycles. The molecule has 4 rings (SSSR count). The number of hydrogen-bond donors (Lipinski definition) is 0. The first kappa shape index (κ1) is 21.1. The predicted octanol–water partition coefficient (Wildman–Crippen LogP) is 4.17. The highest BCUT2D eigenvalue weighted by Crippen LogP contribution is 2.30. The Kier molecular flexibility index (Phi) is 6.10. The third-order valence-electron chi connectivity index (χ3n) is 5.43. The van der Waals surface area contributed by atoms with Gasteiger partial charge in [0.15, 0.2) is 0 Å². The molecule has 1 saturated carbocycles. The molecule has 2 aromatic carbocycles. The number of sulfonamides is 1. The lowest BCUT2D eigenvalue weighted by molar-refractivity contribution is -0.384. The van der Waals surface area contributed by atoms with Crippen LogP contribution in [0.1, 0.15) is 38.0 Å². The number of benzene rings is 2. The highest BCUT2D eigenvalue weighted by atomic mass is 32.2. The van der Waals surface area contributed by atoms with Gasteiger partial charge in [0, 0.05) is 23.7 Å². The zero-order chi connectivity index (χ0) is 21.8. The summed E-state index contributed by atoms with van der Waals surface area (Å²) in [7, 11) is -3.91. The summed E-state index contributed by atoms with van der Waals surface area (Å²) >= 11 is 0. The van der Waals surface area contributed by atoms with Crippen LogP contribution in [-0.4, -0.2) is 33.8 Å². The van der Waals surface area contributed by atoms with E-state index in [4.69, 9.17) is 4.52 Å². The van der Waals surface area contributed by atoms with Gasteiger partial charge < -0.3 is 4.52 Å². The Morgan fingerprint density at radius 1 is 1.03 bits per heavy atom. The van der Waals surface area contributed by atoms with Crippen molar-refractivity contribution in [2.24, 2.45) is 0 Å². The molecule has 31 heavy (non-hydrogen) atoms. The average Bonchev–Trinajstić information content (AvgIpc) is 3.27. The summed E-state index contributed by atoms with van der Waals surface area (Å²) in [4.78, 5) is 14.8. The molecule has 10 heteroatoms. The molecule has 0 saturated heterocycles. The lowest BCUT2D eigenvalue weighted by Gasteiger charge is -2.32. The van der Waals surface area contributed by atoms with Gasteiger partial charge in [-0.15, -0.1) is 0 Å². The van der Waals surface area contributed by atoms with Crippen LogP contribution >= 0.6 is 0 Å². The molecule has 1 aliphatic carbocycles. The van der Waals surface area contributed by atoms with E-state index in [1.54, 1.807) is 0 Å². The highest BCUT2D eigenvalue weighted by Gasteiger charge is 2.34. The maximum Gasteiger partial charge on any atom is 0.269 e. The van der Waals surface area contributed by atoms with Crippen LogP contribution in [0, 0.1) is 10.1 Å². The van der Waals surface area contributed by atoms with Crippen LogP contribution in [-0.2, 0) is 16.6 Å². The smallest absolute Gasteiger partial charge is 0.269 e. The molecule has 0 unspecified atom stereocenters. The zero-order valence-corrected chi connectivity index (χ0v) is 17.6. The topological polar surface area (TPSA) is 119 Å². The second kappa shape index (κ2) is 8.94. The molecule has 9 nitrogen and oxygen atoms in total. The Balaban J connectivity index is 1.64. The van der Waals surface area contributed by atoms with Gasteiger partial charge in [0.1, 0.15) is 0 Å². The van der Waals surface area contributed by atoms with Gasteiger partial charge in [-0.1, -0.05) is 54.8 Å². The fraction of sp³-hybridized carbons (Fsp3) is 0.333. The van der Waals surface area contributed by atoms with Crippen molar-refractivity contribution in [1.82, 2.24) is 14.4 Å². The molecule has 1 aliphatic rings. The molecule has 1 heterocycles. The van der Waals surface area contributed by atoms with Crippen LogP contribution in [0.4, 0.5) is 5.69 Å². The van der Waals surface area contributed by atoms with Crippen molar-refractivity contribution in [3.05, 3.63) is 70.6 Å². The van der Waals surface area contributed by atoms with Crippen LogP contribution in [0.25, 0.3) is 11.4 Å². The molecule has 162 valence electrons. The van der Waals surface area contributed by atoms with E-state index in [1.165, 1.54) is 28.6 Å². The Morgan fingerprint density at radius 2 is 1.71 bits per heavy atom.